The highest BCUT2D eigenvalue weighted by molar-refractivity contribution is 6.39. The molecule has 1 aliphatic carbocycles. The molecule has 2 unspecified atom stereocenters. The maximum Gasteiger partial charge on any atom is 0.329 e. The summed E-state index contributed by atoms with van der Waals surface area (Å²) >= 11 is 0. The Labute approximate surface area is 529 Å². The average molecular weight is 1210 g/mol. The van der Waals surface area contributed by atoms with E-state index in [2.05, 4.69) is 130 Å². The quantitative estimate of drug-likeness (QED) is 0.104. The van der Waals surface area contributed by atoms with Crippen molar-refractivity contribution in [3.8, 4) is 130 Å². The van der Waals surface area contributed by atoms with E-state index in [-0.39, 0.29) is 54.8 Å². The predicted molar refractivity (Wildman–Crippen MR) is 342 cm³/mol. The van der Waals surface area contributed by atoms with Crippen molar-refractivity contribution in [2.45, 2.75) is 194 Å². The summed E-state index contributed by atoms with van der Waals surface area (Å²) in [5, 5.41) is 33.8. The minimum absolute atomic E-state index is 0.0193. The van der Waals surface area contributed by atoms with E-state index >= 15 is 0 Å². The number of piperidine rings is 1. The molecule has 4 rings (SSSR count). The van der Waals surface area contributed by atoms with Gasteiger partial charge in [-0.2, -0.15) is 0 Å². The van der Waals surface area contributed by atoms with Gasteiger partial charge in [0.05, 0.1) is 24.4 Å². The number of amides is 1. The number of esters is 1. The zero-order valence-electron chi connectivity index (χ0n) is 53.6. The molecule has 2 saturated heterocycles. The van der Waals surface area contributed by atoms with Crippen molar-refractivity contribution in [1.29, 1.82) is 0 Å². The van der Waals surface area contributed by atoms with E-state index in [9.17, 15) is 39.3 Å². The highest BCUT2D eigenvalue weighted by Crippen LogP contribution is 2.38. The number of fused-ring (bicyclic) bond motifs is 3. The Morgan fingerprint density at radius 2 is 1.22 bits per heavy atom. The smallest absolute Gasteiger partial charge is 0.329 e. The van der Waals surface area contributed by atoms with E-state index in [1.807, 2.05) is 58.1 Å². The van der Waals surface area contributed by atoms with E-state index < -0.39 is 83.9 Å². The largest absolute Gasteiger partial charge is 0.460 e. The van der Waals surface area contributed by atoms with Gasteiger partial charge in [0, 0.05) is 82.2 Å². The molecular formula is C75H85NO13. The summed E-state index contributed by atoms with van der Waals surface area (Å²) in [5.41, 5.74) is 1.27. The summed E-state index contributed by atoms with van der Waals surface area (Å²) in [6, 6.07) is -1.14. The fourth-order valence-electron chi connectivity index (χ4n) is 10.8. The zero-order chi connectivity index (χ0) is 65.7. The summed E-state index contributed by atoms with van der Waals surface area (Å²) in [6.07, 6.45) is 11.2. The number of hydrogen-bond acceptors (Lipinski definition) is 13. The number of carbonyl (C=O) groups is 5. The molecule has 3 N–H and O–H groups in total. The lowest BCUT2D eigenvalue weighted by Crippen LogP contribution is -2.61. The third-order valence-electron chi connectivity index (χ3n) is 15.9. The van der Waals surface area contributed by atoms with Crippen LogP contribution in [0.1, 0.15) is 139 Å². The van der Waals surface area contributed by atoms with Crippen LogP contribution in [0.25, 0.3) is 0 Å². The first-order chi connectivity index (χ1) is 42.7. The predicted octanol–water partition coefficient (Wildman–Crippen LogP) is 7.24. The number of rotatable bonds is 6. The second kappa shape index (κ2) is 41.1. The maximum atomic E-state index is 14.4. The second-order valence-electron chi connectivity index (χ2n) is 22.6. The van der Waals surface area contributed by atoms with Crippen molar-refractivity contribution in [2.24, 2.45) is 35.5 Å². The van der Waals surface area contributed by atoms with Crippen molar-refractivity contribution in [2.75, 3.05) is 27.9 Å². The first-order valence-corrected chi connectivity index (χ1v) is 30.2. The number of hydrogen-bond donors (Lipinski definition) is 3. The lowest BCUT2D eigenvalue weighted by atomic mass is 9.78. The van der Waals surface area contributed by atoms with Crippen LogP contribution in [0.3, 0.4) is 0 Å². The summed E-state index contributed by atoms with van der Waals surface area (Å²) in [7, 11) is 4.52. The Hall–Kier alpha value is -8.21. The van der Waals surface area contributed by atoms with Crippen molar-refractivity contribution in [3.05, 3.63) is 47.6 Å². The SMILES string of the molecule is CC#CC#CC#CC#CC#CC#CC#CC#CC#CC#CC#CC.CO[C@H]1C[C@@H]2CC[C@@H](C)[C@@](O)(O2)C(=O)C(=O)N2CCCC[C@H]2C(=O)OC([C@H](C)CC2CC[C@@H](O)[C@H](OC)C2)CC(=O)[C@H](C)/C=C(\C)[C@@H](O)[C@@H](OC)C(=O)[C@H](C)C[C@H](C)/C=C/C=CC=C1C. The number of allylic oxidation sites excluding steroid dienone is 6. The van der Waals surface area contributed by atoms with Gasteiger partial charge in [0.15, 0.2) is 5.78 Å². The highest BCUT2D eigenvalue weighted by atomic mass is 16.6. The highest BCUT2D eigenvalue weighted by Gasteiger charge is 2.53. The van der Waals surface area contributed by atoms with Crippen LogP contribution in [0.2, 0.25) is 0 Å². The number of ether oxygens (including phenoxy) is 5. The molecule has 14 nitrogen and oxygen atoms in total. The molecule has 1 saturated carbocycles. The van der Waals surface area contributed by atoms with Crippen LogP contribution in [0.15, 0.2) is 47.6 Å². The number of cyclic esters (lactones) is 1. The molecule has 14 heteroatoms. The van der Waals surface area contributed by atoms with E-state index in [0.717, 1.165) is 12.0 Å². The number of Topliss-reactive ketones (excluding diaryl/α,β-unsaturated/α-hetero) is 3. The van der Waals surface area contributed by atoms with Crippen LogP contribution in [0.5, 0.6) is 0 Å². The molecule has 0 aromatic heterocycles. The number of aliphatic hydroxyl groups excluding tert-OH is 2. The van der Waals surface area contributed by atoms with Gasteiger partial charge in [-0.1, -0.05) is 82.9 Å². The van der Waals surface area contributed by atoms with E-state index in [1.165, 1.54) is 12.0 Å². The van der Waals surface area contributed by atoms with Crippen LogP contribution in [0.4, 0.5) is 0 Å². The molecule has 3 aliphatic heterocycles. The van der Waals surface area contributed by atoms with Crippen LogP contribution in [-0.2, 0) is 47.7 Å². The minimum atomic E-state index is -2.43. The van der Waals surface area contributed by atoms with Gasteiger partial charge < -0.3 is 43.9 Å². The van der Waals surface area contributed by atoms with Gasteiger partial charge in [0.1, 0.15) is 30.1 Å². The Morgan fingerprint density at radius 1 is 0.663 bits per heavy atom. The normalized spacial score (nSPS) is 29.6. The number of nitrogens with zero attached hydrogens (tertiary/aromatic N) is 1. The van der Waals surface area contributed by atoms with Crippen LogP contribution in [-0.4, -0.2) is 132 Å². The standard InChI is InChI=1S/C51H79NO13.C24H6/c1-30-16-12-11-13-17-31(2)42(61-8)28-38-21-19-36(7)51(60,65-38)48(57)49(58)52-23-15-14-18-39(52)50(59)64-43(33(4)26-37-20-22-40(53)44(27-37)62-9)29-41(54)32(3)25-35(6)46(56)47(63-10)45(55)34(5)24-30;1-3-5-7-9-11-13-15-17-19-21-23-24-22-20-18-16-14-12-10-8-6-4-2/h11-13,16-17,25,30,32-34,36-40,42-44,46-47,53,56,60H,14-15,18-24,26-29H2,1-10H3;1-2H3/b13-11?,16-12+,31-17?,35-25+;/t30-,32-,33-,34-,36-,37?,38+,39+,40-,42+,43?,44-,46-,47+,51-;/m1./s1. The van der Waals surface area contributed by atoms with Gasteiger partial charge >= 0.3 is 5.97 Å². The molecule has 15 atom stereocenters. The molecule has 0 radical (unpaired) electrons. The van der Waals surface area contributed by atoms with Crippen LogP contribution >= 0.6 is 0 Å². The molecule has 468 valence electrons. The molecular weight excluding hydrogens is 1120 g/mol. The Kier molecular flexibility index (Phi) is 34.6. The number of carbonyl (C=O) groups excluding carboxylic acids is 5. The van der Waals surface area contributed by atoms with Gasteiger partial charge in [0.25, 0.3) is 11.7 Å². The van der Waals surface area contributed by atoms with Crippen molar-refractivity contribution in [1.82, 2.24) is 4.90 Å². The lowest BCUT2D eigenvalue weighted by Gasteiger charge is -2.42. The second-order valence-corrected chi connectivity index (χ2v) is 22.6. The molecule has 0 aromatic carbocycles. The summed E-state index contributed by atoms with van der Waals surface area (Å²) < 4.78 is 29.4. The molecule has 3 fully saturated rings. The fraction of sp³-hybridized carbons (Fsp3) is 0.533. The molecule has 0 aromatic rings. The number of aliphatic hydroxyl groups is 3. The maximum absolute atomic E-state index is 14.4. The van der Waals surface area contributed by atoms with Gasteiger partial charge in [-0.25, -0.2) is 4.79 Å². The van der Waals surface area contributed by atoms with Crippen molar-refractivity contribution in [3.63, 3.8) is 0 Å². The van der Waals surface area contributed by atoms with Gasteiger partial charge in [-0.3, -0.25) is 19.2 Å². The van der Waals surface area contributed by atoms with Crippen LogP contribution in [0, 0.1) is 166 Å². The van der Waals surface area contributed by atoms with Crippen molar-refractivity contribution >= 4 is 29.2 Å². The third kappa shape index (κ3) is 25.8. The monoisotopic (exact) mass is 1210 g/mol. The van der Waals surface area contributed by atoms with E-state index in [4.69, 9.17) is 23.7 Å². The number of ketones is 3. The first kappa shape index (κ1) is 75.0. The summed E-state index contributed by atoms with van der Waals surface area (Å²) in [4.78, 5) is 71.8. The Balaban J connectivity index is 0.000000725. The van der Waals surface area contributed by atoms with Gasteiger partial charge in [-0.15, -0.1) is 0 Å². The Morgan fingerprint density at radius 3 is 1.75 bits per heavy atom. The van der Waals surface area contributed by atoms with E-state index in [1.54, 1.807) is 54.9 Å². The summed E-state index contributed by atoms with van der Waals surface area (Å²) in [6.45, 7) is 16.1. The zero-order valence-corrected chi connectivity index (χ0v) is 53.6. The molecule has 0 spiro atoms. The molecule has 2 bridgehead atoms. The van der Waals surface area contributed by atoms with Crippen LogP contribution < -0.4 is 0 Å². The fourth-order valence-corrected chi connectivity index (χ4v) is 10.8. The van der Waals surface area contributed by atoms with E-state index in [0.29, 0.717) is 63.4 Å². The number of methoxy groups -OCH3 is 3. The molecule has 1 amide bonds. The lowest BCUT2D eigenvalue weighted by molar-refractivity contribution is -0.265. The van der Waals surface area contributed by atoms with Gasteiger partial charge in [0.2, 0.25) is 5.79 Å². The molecule has 89 heavy (non-hydrogen) atoms. The van der Waals surface area contributed by atoms with Gasteiger partial charge in [-0.05, 0) is 216 Å². The molecule has 4 aliphatic rings. The third-order valence-corrected chi connectivity index (χ3v) is 15.9. The minimum Gasteiger partial charge on any atom is -0.460 e. The summed E-state index contributed by atoms with van der Waals surface area (Å²) in [5.74, 6) is 47.6. The average Bonchev–Trinajstić information content (AvgIpc) is 1.03. The molecule has 3 heterocycles. The van der Waals surface area contributed by atoms with Crippen molar-refractivity contribution < 1.29 is 63.0 Å². The topological polar surface area (TPSA) is 195 Å². The Bertz CT molecular complexity index is 3270. The first-order valence-electron chi connectivity index (χ1n) is 30.2.